The SMILES string of the molecule is Cc1cc(C)c(S(=O)(=O)NSCCCCN)c(C)c1. The van der Waals surface area contributed by atoms with Gasteiger partial charge in [-0.25, -0.2) is 8.42 Å². The predicted molar refractivity (Wildman–Crippen MR) is 81.7 cm³/mol. The highest BCUT2D eigenvalue weighted by atomic mass is 32.3. The molecule has 19 heavy (non-hydrogen) atoms. The van der Waals surface area contributed by atoms with Gasteiger partial charge in [-0.15, -0.1) is 0 Å². The summed E-state index contributed by atoms with van der Waals surface area (Å²) in [6.07, 6.45) is 1.83. The summed E-state index contributed by atoms with van der Waals surface area (Å²) in [5, 5.41) is 0. The molecule has 0 spiro atoms. The van der Waals surface area contributed by atoms with Crippen LogP contribution in [0.1, 0.15) is 29.5 Å². The van der Waals surface area contributed by atoms with Gasteiger partial charge in [-0.2, -0.15) is 4.13 Å². The quantitative estimate of drug-likeness (QED) is 0.599. The van der Waals surface area contributed by atoms with Gasteiger partial charge in [0.1, 0.15) is 0 Å². The van der Waals surface area contributed by atoms with Crippen molar-refractivity contribution in [1.82, 2.24) is 4.13 Å². The van der Waals surface area contributed by atoms with Gasteiger partial charge < -0.3 is 5.73 Å². The zero-order valence-electron chi connectivity index (χ0n) is 11.7. The topological polar surface area (TPSA) is 72.2 Å². The Balaban J connectivity index is 2.78. The first-order valence-electron chi connectivity index (χ1n) is 6.30. The molecule has 108 valence electrons. The average Bonchev–Trinajstić information content (AvgIpc) is 2.26. The van der Waals surface area contributed by atoms with E-state index in [0.717, 1.165) is 35.3 Å². The largest absolute Gasteiger partial charge is 0.330 e. The summed E-state index contributed by atoms with van der Waals surface area (Å²) >= 11 is 1.22. The van der Waals surface area contributed by atoms with Crippen molar-refractivity contribution in [2.24, 2.45) is 5.73 Å². The molecule has 0 heterocycles. The fraction of sp³-hybridized carbons (Fsp3) is 0.538. The molecule has 3 N–H and O–H groups in total. The summed E-state index contributed by atoms with van der Waals surface area (Å²) in [5.74, 6) is 0.736. The minimum Gasteiger partial charge on any atom is -0.330 e. The summed E-state index contributed by atoms with van der Waals surface area (Å²) in [4.78, 5) is 0.393. The third-order valence-corrected chi connectivity index (χ3v) is 5.77. The highest BCUT2D eigenvalue weighted by Crippen LogP contribution is 2.22. The van der Waals surface area contributed by atoms with Gasteiger partial charge in [0.25, 0.3) is 0 Å². The molecule has 0 amide bonds. The molecule has 4 nitrogen and oxygen atoms in total. The Labute approximate surface area is 120 Å². The molecule has 0 saturated carbocycles. The molecule has 0 aliphatic carbocycles. The lowest BCUT2D eigenvalue weighted by atomic mass is 10.1. The third kappa shape index (κ3) is 4.80. The highest BCUT2D eigenvalue weighted by Gasteiger charge is 2.19. The van der Waals surface area contributed by atoms with E-state index in [1.807, 2.05) is 32.9 Å². The van der Waals surface area contributed by atoms with Crippen LogP contribution in [0.5, 0.6) is 0 Å². The van der Waals surface area contributed by atoms with Crippen LogP contribution < -0.4 is 9.86 Å². The van der Waals surface area contributed by atoms with Crippen molar-refractivity contribution < 1.29 is 8.42 Å². The Morgan fingerprint density at radius 3 is 2.26 bits per heavy atom. The van der Waals surface area contributed by atoms with E-state index in [1.54, 1.807) is 0 Å². The Bertz CT molecular complexity index is 504. The highest BCUT2D eigenvalue weighted by molar-refractivity contribution is 8.09. The van der Waals surface area contributed by atoms with E-state index < -0.39 is 10.0 Å². The monoisotopic (exact) mass is 302 g/mol. The molecule has 0 fully saturated rings. The predicted octanol–water partition coefficient (Wildman–Crippen LogP) is 2.28. The zero-order chi connectivity index (χ0) is 14.5. The lowest BCUT2D eigenvalue weighted by Gasteiger charge is -2.12. The molecule has 6 heteroatoms. The molecule has 0 aliphatic heterocycles. The fourth-order valence-electron chi connectivity index (χ4n) is 2.07. The maximum atomic E-state index is 12.3. The van der Waals surface area contributed by atoms with E-state index in [-0.39, 0.29) is 0 Å². The van der Waals surface area contributed by atoms with Crippen molar-refractivity contribution in [3.8, 4) is 0 Å². The van der Waals surface area contributed by atoms with Crippen LogP contribution >= 0.6 is 11.9 Å². The van der Waals surface area contributed by atoms with Crippen LogP contribution in [0, 0.1) is 20.8 Å². The number of aryl methyl sites for hydroxylation is 3. The van der Waals surface area contributed by atoms with Gasteiger partial charge >= 0.3 is 0 Å². The van der Waals surface area contributed by atoms with Crippen molar-refractivity contribution in [3.05, 3.63) is 28.8 Å². The number of nitrogens with two attached hydrogens (primary N) is 1. The van der Waals surface area contributed by atoms with Crippen LogP contribution in [0.2, 0.25) is 0 Å². The van der Waals surface area contributed by atoms with E-state index in [2.05, 4.69) is 4.13 Å². The average molecular weight is 302 g/mol. The van der Waals surface area contributed by atoms with E-state index in [0.29, 0.717) is 11.4 Å². The molecule has 0 saturated heterocycles. The van der Waals surface area contributed by atoms with Crippen molar-refractivity contribution in [2.45, 2.75) is 38.5 Å². The first-order chi connectivity index (χ1) is 8.88. The number of rotatable bonds is 7. The summed E-state index contributed by atoms with van der Waals surface area (Å²) in [6.45, 7) is 6.26. The maximum Gasteiger partial charge on any atom is 0.250 e. The van der Waals surface area contributed by atoms with Crippen LogP contribution in [0.4, 0.5) is 0 Å². The van der Waals surface area contributed by atoms with Crippen LogP contribution in [-0.4, -0.2) is 20.7 Å². The van der Waals surface area contributed by atoms with Gasteiger partial charge in [-0.3, -0.25) is 0 Å². The molecule has 1 aromatic rings. The number of hydrogen-bond donors (Lipinski definition) is 2. The van der Waals surface area contributed by atoms with Gasteiger partial charge in [-0.05, 0) is 51.3 Å². The summed E-state index contributed by atoms with van der Waals surface area (Å²) in [6, 6.07) is 3.78. The number of nitrogens with one attached hydrogen (secondary N) is 1. The zero-order valence-corrected chi connectivity index (χ0v) is 13.3. The van der Waals surface area contributed by atoms with Gasteiger partial charge in [0.2, 0.25) is 10.0 Å². The third-order valence-electron chi connectivity index (χ3n) is 2.74. The molecular formula is C13H22N2O2S2. The molecule has 0 atom stereocenters. The van der Waals surface area contributed by atoms with Gasteiger partial charge in [-0.1, -0.05) is 29.6 Å². The molecule has 0 bridgehead atoms. The van der Waals surface area contributed by atoms with E-state index in [9.17, 15) is 8.42 Å². The van der Waals surface area contributed by atoms with Crippen LogP contribution in [-0.2, 0) is 10.0 Å². The Morgan fingerprint density at radius 2 is 1.74 bits per heavy atom. The van der Waals surface area contributed by atoms with Crippen molar-refractivity contribution in [3.63, 3.8) is 0 Å². The molecule has 1 rings (SSSR count). The molecule has 0 aliphatic rings. The van der Waals surface area contributed by atoms with E-state index in [4.69, 9.17) is 5.73 Å². The molecule has 0 aromatic heterocycles. The standard InChI is InChI=1S/C13H22N2O2S2/c1-10-8-11(2)13(12(3)9-10)19(16,17)15-18-7-5-4-6-14/h8-9,15H,4-7,14H2,1-3H3. The van der Waals surface area contributed by atoms with Gasteiger partial charge in [0.05, 0.1) is 4.90 Å². The number of benzene rings is 1. The maximum absolute atomic E-state index is 12.3. The molecule has 1 aromatic carbocycles. The number of unbranched alkanes of at least 4 members (excludes halogenated alkanes) is 1. The van der Waals surface area contributed by atoms with Gasteiger partial charge in [0, 0.05) is 5.75 Å². The second-order valence-corrected chi connectivity index (χ2v) is 7.44. The van der Waals surface area contributed by atoms with Crippen LogP contribution in [0.25, 0.3) is 0 Å². The minimum atomic E-state index is -3.44. The summed E-state index contributed by atoms with van der Waals surface area (Å²) < 4.78 is 27.1. The van der Waals surface area contributed by atoms with Crippen molar-refractivity contribution in [1.29, 1.82) is 0 Å². The smallest absolute Gasteiger partial charge is 0.250 e. The van der Waals surface area contributed by atoms with Crippen molar-refractivity contribution in [2.75, 3.05) is 12.3 Å². The Morgan fingerprint density at radius 1 is 1.16 bits per heavy atom. The lowest BCUT2D eigenvalue weighted by Crippen LogP contribution is -2.19. The first kappa shape index (κ1) is 16.5. The van der Waals surface area contributed by atoms with Crippen LogP contribution in [0.3, 0.4) is 0 Å². The number of sulfonamides is 1. The number of hydrogen-bond acceptors (Lipinski definition) is 4. The summed E-state index contributed by atoms with van der Waals surface area (Å²) in [7, 11) is -3.44. The second-order valence-electron chi connectivity index (χ2n) is 4.66. The Hall–Kier alpha value is -0.560. The molecule has 0 radical (unpaired) electrons. The summed E-state index contributed by atoms with van der Waals surface area (Å²) in [5.41, 5.74) is 8.04. The normalized spacial score (nSPS) is 11.8. The van der Waals surface area contributed by atoms with E-state index >= 15 is 0 Å². The second kappa shape index (κ2) is 7.28. The molecular weight excluding hydrogens is 280 g/mol. The van der Waals surface area contributed by atoms with Gasteiger partial charge in [0.15, 0.2) is 0 Å². The Kier molecular flexibility index (Phi) is 6.32. The first-order valence-corrected chi connectivity index (χ1v) is 8.77. The lowest BCUT2D eigenvalue weighted by molar-refractivity contribution is 0.593. The molecule has 0 unspecified atom stereocenters. The minimum absolute atomic E-state index is 0.393. The fourth-order valence-corrected chi connectivity index (χ4v) is 4.67. The van der Waals surface area contributed by atoms with Crippen molar-refractivity contribution >= 4 is 22.0 Å². The van der Waals surface area contributed by atoms with Crippen LogP contribution in [0.15, 0.2) is 17.0 Å². The van der Waals surface area contributed by atoms with E-state index in [1.165, 1.54) is 11.9 Å².